The van der Waals surface area contributed by atoms with Crippen LogP contribution in [-0.4, -0.2) is 17.3 Å². The number of nitrogens with one attached hydrogen (secondary N) is 2. The van der Waals surface area contributed by atoms with E-state index in [1.165, 1.54) is 0 Å². The van der Waals surface area contributed by atoms with Gasteiger partial charge in [-0.05, 0) is 42.2 Å². The summed E-state index contributed by atoms with van der Waals surface area (Å²) in [6.07, 6.45) is 0.607. The van der Waals surface area contributed by atoms with Gasteiger partial charge in [0.25, 0.3) is 0 Å². The van der Waals surface area contributed by atoms with E-state index in [1.54, 1.807) is 7.11 Å². The number of ether oxygens (including phenoxy) is 1. The number of benzene rings is 2. The number of nitriles is 1. The molecule has 4 aromatic rings. The fourth-order valence-corrected chi connectivity index (χ4v) is 3.67. The molecule has 0 radical (unpaired) electrons. The normalized spacial score (nSPS) is 10.8. The summed E-state index contributed by atoms with van der Waals surface area (Å²) in [4.78, 5) is 0. The third kappa shape index (κ3) is 3.07. The van der Waals surface area contributed by atoms with E-state index < -0.39 is 0 Å². The average molecular weight is 384 g/mol. The lowest BCUT2D eigenvalue weighted by molar-refractivity contribution is 0.411. The number of methoxy groups -OCH3 is 1. The number of aromatic amines is 1. The second-order valence-corrected chi connectivity index (χ2v) is 6.90. The number of hydrogen-bond acceptors (Lipinski definition) is 5. The number of nitrogens with zero attached hydrogens (tertiary/aromatic N) is 2. The number of H-pyrrole nitrogens is 1. The van der Waals surface area contributed by atoms with E-state index in [-0.39, 0.29) is 11.1 Å². The highest BCUT2D eigenvalue weighted by Gasteiger charge is 2.22. The van der Waals surface area contributed by atoms with Gasteiger partial charge in [-0.15, -0.1) is 5.10 Å². The summed E-state index contributed by atoms with van der Waals surface area (Å²) in [5, 5.41) is 26.1. The molecule has 0 aliphatic heterocycles. The highest BCUT2D eigenvalue weighted by molar-refractivity contribution is 5.97. The second kappa shape index (κ2) is 7.28. The van der Waals surface area contributed by atoms with Crippen LogP contribution in [0.3, 0.4) is 0 Å². The van der Waals surface area contributed by atoms with Crippen molar-refractivity contribution in [2.45, 2.75) is 20.3 Å². The molecule has 0 unspecified atom stereocenters. The van der Waals surface area contributed by atoms with Crippen molar-refractivity contribution in [3.05, 3.63) is 76.0 Å². The van der Waals surface area contributed by atoms with E-state index in [2.05, 4.69) is 16.3 Å². The van der Waals surface area contributed by atoms with Crippen LogP contribution in [0.5, 0.6) is 5.75 Å². The zero-order valence-corrected chi connectivity index (χ0v) is 16.5. The summed E-state index contributed by atoms with van der Waals surface area (Å²) in [7, 11) is 1.64. The van der Waals surface area contributed by atoms with E-state index in [0.29, 0.717) is 17.7 Å². The maximum absolute atomic E-state index is 9.81. The van der Waals surface area contributed by atoms with Gasteiger partial charge in [-0.3, -0.25) is 10.5 Å². The summed E-state index contributed by atoms with van der Waals surface area (Å²) in [6, 6.07) is 16.0. The SMILES string of the molecule is COc1ccc(-c2c(C#N)c(=N)oc3n[nH]c(Cc4ccccc4)c23)c(C)c1C. The van der Waals surface area contributed by atoms with Crippen LogP contribution in [0, 0.1) is 30.6 Å². The van der Waals surface area contributed by atoms with Crippen LogP contribution in [0.4, 0.5) is 0 Å². The molecule has 2 heterocycles. The second-order valence-electron chi connectivity index (χ2n) is 6.90. The van der Waals surface area contributed by atoms with Crippen LogP contribution >= 0.6 is 0 Å². The Balaban J connectivity index is 2.04. The molecular weight excluding hydrogens is 364 g/mol. The largest absolute Gasteiger partial charge is 0.496 e. The Morgan fingerprint density at radius 1 is 1.14 bits per heavy atom. The molecule has 2 aromatic carbocycles. The molecule has 0 aliphatic rings. The monoisotopic (exact) mass is 384 g/mol. The predicted molar refractivity (Wildman–Crippen MR) is 110 cm³/mol. The first-order valence-electron chi connectivity index (χ1n) is 9.22. The first-order chi connectivity index (χ1) is 14.0. The summed E-state index contributed by atoms with van der Waals surface area (Å²) in [5.74, 6) is 0.782. The van der Waals surface area contributed by atoms with Gasteiger partial charge >= 0.3 is 0 Å². The molecule has 0 saturated carbocycles. The zero-order chi connectivity index (χ0) is 20.5. The summed E-state index contributed by atoms with van der Waals surface area (Å²) in [6.45, 7) is 3.97. The van der Waals surface area contributed by atoms with Crippen LogP contribution in [0.25, 0.3) is 22.2 Å². The maximum Gasteiger partial charge on any atom is 0.248 e. The van der Waals surface area contributed by atoms with E-state index in [0.717, 1.165) is 39.1 Å². The standard InChI is InChI=1S/C23H20N4O2/c1-13-14(2)19(28-3)10-9-16(13)20-17(12-24)22(25)29-23-21(20)18(26-27-23)11-15-7-5-4-6-8-15/h4-10,25H,11H2,1-3H3,(H,26,27). The van der Waals surface area contributed by atoms with Gasteiger partial charge in [-0.1, -0.05) is 36.4 Å². The van der Waals surface area contributed by atoms with Gasteiger partial charge in [-0.25, -0.2) is 0 Å². The molecule has 0 aliphatic carbocycles. The Bertz CT molecular complexity index is 1310. The highest BCUT2D eigenvalue weighted by atomic mass is 16.5. The Labute approximate surface area is 167 Å². The minimum atomic E-state index is -0.194. The van der Waals surface area contributed by atoms with Crippen molar-refractivity contribution in [2.75, 3.05) is 7.11 Å². The van der Waals surface area contributed by atoms with E-state index in [1.807, 2.05) is 56.3 Å². The Hall–Kier alpha value is -3.85. The van der Waals surface area contributed by atoms with Crippen LogP contribution in [-0.2, 0) is 6.42 Å². The smallest absolute Gasteiger partial charge is 0.248 e. The van der Waals surface area contributed by atoms with Crippen molar-refractivity contribution >= 4 is 11.1 Å². The first kappa shape index (κ1) is 18.5. The number of aromatic nitrogens is 2. The van der Waals surface area contributed by atoms with Gasteiger partial charge in [0.2, 0.25) is 11.3 Å². The van der Waals surface area contributed by atoms with Crippen molar-refractivity contribution in [2.24, 2.45) is 0 Å². The lowest BCUT2D eigenvalue weighted by Crippen LogP contribution is -2.08. The summed E-state index contributed by atoms with van der Waals surface area (Å²) < 4.78 is 11.0. The molecular formula is C23H20N4O2. The third-order valence-electron chi connectivity index (χ3n) is 5.30. The molecule has 0 saturated heterocycles. The van der Waals surface area contributed by atoms with E-state index in [4.69, 9.17) is 14.6 Å². The molecule has 6 nitrogen and oxygen atoms in total. The van der Waals surface area contributed by atoms with E-state index >= 15 is 0 Å². The minimum absolute atomic E-state index is 0.194. The van der Waals surface area contributed by atoms with Gasteiger partial charge < -0.3 is 9.15 Å². The van der Waals surface area contributed by atoms with Crippen LogP contribution in [0.2, 0.25) is 0 Å². The van der Waals surface area contributed by atoms with Gasteiger partial charge in [0.15, 0.2) is 0 Å². The predicted octanol–water partition coefficient (Wildman–Crippen LogP) is 4.39. The average Bonchev–Trinajstić information content (AvgIpc) is 3.12. The maximum atomic E-state index is 9.81. The van der Waals surface area contributed by atoms with E-state index in [9.17, 15) is 5.26 Å². The van der Waals surface area contributed by atoms with Crippen molar-refractivity contribution in [3.8, 4) is 22.9 Å². The number of rotatable bonds is 4. The Kier molecular flexibility index (Phi) is 4.65. The topological polar surface area (TPSA) is 98.7 Å². The van der Waals surface area contributed by atoms with Crippen molar-refractivity contribution in [3.63, 3.8) is 0 Å². The molecule has 0 atom stereocenters. The first-order valence-corrected chi connectivity index (χ1v) is 9.22. The fourth-order valence-electron chi connectivity index (χ4n) is 3.67. The summed E-state index contributed by atoms with van der Waals surface area (Å²) in [5.41, 5.74) is 5.78. The number of fused-ring (bicyclic) bond motifs is 1. The van der Waals surface area contributed by atoms with Gasteiger partial charge in [0.05, 0.1) is 18.2 Å². The number of hydrogen-bond donors (Lipinski definition) is 2. The molecule has 29 heavy (non-hydrogen) atoms. The molecule has 0 bridgehead atoms. The summed E-state index contributed by atoms with van der Waals surface area (Å²) >= 11 is 0. The lowest BCUT2D eigenvalue weighted by Gasteiger charge is -2.15. The molecule has 6 heteroatoms. The van der Waals surface area contributed by atoms with Gasteiger partial charge in [-0.2, -0.15) is 5.26 Å². The lowest BCUT2D eigenvalue weighted by atomic mass is 9.91. The quantitative estimate of drug-likeness (QED) is 0.545. The van der Waals surface area contributed by atoms with Crippen molar-refractivity contribution < 1.29 is 9.15 Å². The Morgan fingerprint density at radius 2 is 1.90 bits per heavy atom. The van der Waals surface area contributed by atoms with Crippen LogP contribution in [0.1, 0.15) is 27.9 Å². The molecule has 4 rings (SSSR count). The molecule has 144 valence electrons. The van der Waals surface area contributed by atoms with Crippen molar-refractivity contribution in [1.82, 2.24) is 10.2 Å². The van der Waals surface area contributed by atoms with Crippen LogP contribution in [0.15, 0.2) is 46.9 Å². The van der Waals surface area contributed by atoms with Gasteiger partial charge in [0.1, 0.15) is 17.4 Å². The molecule has 0 fully saturated rings. The highest BCUT2D eigenvalue weighted by Crippen LogP contribution is 2.37. The molecule has 2 aromatic heterocycles. The third-order valence-corrected chi connectivity index (χ3v) is 5.30. The molecule has 0 amide bonds. The minimum Gasteiger partial charge on any atom is -0.496 e. The van der Waals surface area contributed by atoms with Gasteiger partial charge in [0, 0.05) is 12.0 Å². The molecule has 2 N–H and O–H groups in total. The van der Waals surface area contributed by atoms with Crippen LogP contribution < -0.4 is 10.3 Å². The fraction of sp³-hybridized carbons (Fsp3) is 0.174. The molecule has 0 spiro atoms. The van der Waals surface area contributed by atoms with Crippen molar-refractivity contribution in [1.29, 1.82) is 10.7 Å². The zero-order valence-electron chi connectivity index (χ0n) is 16.5. The Morgan fingerprint density at radius 3 is 2.59 bits per heavy atom.